The molecule has 0 aliphatic rings. The second-order valence-electron chi connectivity index (χ2n) is 2.61. The summed E-state index contributed by atoms with van der Waals surface area (Å²) in [5, 5.41) is 9.00. The zero-order valence-electron chi connectivity index (χ0n) is 7.29. The van der Waals surface area contributed by atoms with Gasteiger partial charge in [0.1, 0.15) is 0 Å². The highest BCUT2D eigenvalue weighted by Gasteiger charge is 1.98. The second kappa shape index (κ2) is 5.22. The highest BCUT2D eigenvalue weighted by atomic mass is 32.2. The van der Waals surface area contributed by atoms with Crippen molar-refractivity contribution in [1.29, 1.82) is 0 Å². The first-order chi connectivity index (χ1) is 5.88. The molecule has 0 aromatic heterocycles. The summed E-state index contributed by atoms with van der Waals surface area (Å²) in [6, 6.07) is 8.00. The Kier molecular flexibility index (Phi) is 4.19. The van der Waals surface area contributed by atoms with Crippen LogP contribution < -0.4 is 0 Å². The van der Waals surface area contributed by atoms with Gasteiger partial charge in [0.05, 0.1) is 6.61 Å². The van der Waals surface area contributed by atoms with E-state index < -0.39 is 0 Å². The van der Waals surface area contributed by atoms with Gasteiger partial charge in [-0.05, 0) is 23.8 Å². The van der Waals surface area contributed by atoms with Crippen LogP contribution in [0.1, 0.15) is 18.9 Å². The fourth-order valence-corrected chi connectivity index (χ4v) is 1.90. The van der Waals surface area contributed by atoms with Gasteiger partial charge in [0.25, 0.3) is 0 Å². The molecule has 0 bridgehead atoms. The molecule has 0 atom stereocenters. The van der Waals surface area contributed by atoms with Crippen LogP contribution in [0.3, 0.4) is 0 Å². The molecule has 0 aliphatic carbocycles. The molecule has 0 radical (unpaired) electrons. The first kappa shape index (κ1) is 9.62. The summed E-state index contributed by atoms with van der Waals surface area (Å²) in [6.07, 6.45) is 1.17. The standard InChI is InChI=1S/C10H14OS/c1-2-7-12-10-6-4-3-5-9(10)8-11/h3-6,11H,2,7-8H2,1H3. The van der Waals surface area contributed by atoms with E-state index in [0.29, 0.717) is 0 Å². The maximum Gasteiger partial charge on any atom is 0.0692 e. The number of aliphatic hydroxyl groups excluding tert-OH is 1. The predicted octanol–water partition coefficient (Wildman–Crippen LogP) is 2.68. The Labute approximate surface area is 77.8 Å². The Morgan fingerprint density at radius 1 is 1.33 bits per heavy atom. The third-order valence-corrected chi connectivity index (χ3v) is 2.93. The molecule has 1 aromatic rings. The van der Waals surface area contributed by atoms with Crippen LogP contribution in [0.15, 0.2) is 29.2 Å². The lowest BCUT2D eigenvalue weighted by molar-refractivity contribution is 0.279. The molecule has 0 fully saturated rings. The average Bonchev–Trinajstić information content (AvgIpc) is 2.15. The summed E-state index contributed by atoms with van der Waals surface area (Å²) in [4.78, 5) is 1.21. The van der Waals surface area contributed by atoms with Crippen molar-refractivity contribution in [3.8, 4) is 0 Å². The SMILES string of the molecule is CCCSc1ccccc1CO. The Balaban J connectivity index is 2.68. The van der Waals surface area contributed by atoms with Crippen molar-refractivity contribution in [3.05, 3.63) is 29.8 Å². The van der Waals surface area contributed by atoms with Crippen LogP contribution in [-0.4, -0.2) is 10.9 Å². The largest absolute Gasteiger partial charge is 0.392 e. The van der Waals surface area contributed by atoms with Crippen molar-refractivity contribution in [1.82, 2.24) is 0 Å². The summed E-state index contributed by atoms with van der Waals surface area (Å²) in [6.45, 7) is 2.31. The molecule has 0 amide bonds. The molecular formula is C10H14OS. The minimum absolute atomic E-state index is 0.146. The molecule has 12 heavy (non-hydrogen) atoms. The smallest absolute Gasteiger partial charge is 0.0692 e. The van der Waals surface area contributed by atoms with Crippen molar-refractivity contribution in [3.63, 3.8) is 0 Å². The first-order valence-electron chi connectivity index (χ1n) is 4.20. The van der Waals surface area contributed by atoms with Crippen LogP contribution in [-0.2, 0) is 6.61 Å². The quantitative estimate of drug-likeness (QED) is 0.722. The van der Waals surface area contributed by atoms with Gasteiger partial charge in [-0.25, -0.2) is 0 Å². The van der Waals surface area contributed by atoms with Gasteiger partial charge >= 0.3 is 0 Å². The summed E-state index contributed by atoms with van der Waals surface area (Å²) in [5.74, 6) is 1.12. The van der Waals surface area contributed by atoms with Crippen molar-refractivity contribution in [2.45, 2.75) is 24.8 Å². The van der Waals surface area contributed by atoms with Gasteiger partial charge in [0.2, 0.25) is 0 Å². The molecule has 0 heterocycles. The average molecular weight is 182 g/mol. The fraction of sp³-hybridized carbons (Fsp3) is 0.400. The van der Waals surface area contributed by atoms with E-state index >= 15 is 0 Å². The lowest BCUT2D eigenvalue weighted by atomic mass is 10.2. The van der Waals surface area contributed by atoms with E-state index in [-0.39, 0.29) is 6.61 Å². The molecule has 0 aliphatic heterocycles. The third kappa shape index (κ3) is 2.54. The van der Waals surface area contributed by atoms with Gasteiger partial charge < -0.3 is 5.11 Å². The van der Waals surface area contributed by atoms with Gasteiger partial charge in [-0.2, -0.15) is 0 Å². The first-order valence-corrected chi connectivity index (χ1v) is 5.18. The molecule has 0 spiro atoms. The molecule has 2 heteroatoms. The maximum absolute atomic E-state index is 9.00. The Bertz CT molecular complexity index is 235. The van der Waals surface area contributed by atoms with E-state index in [4.69, 9.17) is 5.11 Å². The molecule has 0 unspecified atom stereocenters. The van der Waals surface area contributed by atoms with E-state index in [1.165, 1.54) is 11.3 Å². The van der Waals surface area contributed by atoms with Gasteiger partial charge in [-0.15, -0.1) is 11.8 Å². The molecule has 1 aromatic carbocycles. The molecule has 0 saturated heterocycles. The second-order valence-corrected chi connectivity index (χ2v) is 3.75. The number of hydrogen-bond acceptors (Lipinski definition) is 2. The van der Waals surface area contributed by atoms with E-state index in [0.717, 1.165) is 11.3 Å². The lowest BCUT2D eigenvalue weighted by Crippen LogP contribution is -1.87. The zero-order chi connectivity index (χ0) is 8.81. The summed E-state index contributed by atoms with van der Waals surface area (Å²) in [5.41, 5.74) is 1.04. The van der Waals surface area contributed by atoms with Gasteiger partial charge in [-0.3, -0.25) is 0 Å². The number of thioether (sulfide) groups is 1. The molecule has 66 valence electrons. The van der Waals surface area contributed by atoms with Crippen molar-refractivity contribution >= 4 is 11.8 Å². The minimum Gasteiger partial charge on any atom is -0.392 e. The Hall–Kier alpha value is -0.470. The third-order valence-electron chi connectivity index (χ3n) is 1.60. The molecule has 1 rings (SSSR count). The monoisotopic (exact) mass is 182 g/mol. The number of rotatable bonds is 4. The normalized spacial score (nSPS) is 10.2. The molecule has 0 saturated carbocycles. The van der Waals surface area contributed by atoms with E-state index in [9.17, 15) is 0 Å². The minimum atomic E-state index is 0.146. The van der Waals surface area contributed by atoms with E-state index in [1.807, 2.05) is 30.0 Å². The highest BCUT2D eigenvalue weighted by Crippen LogP contribution is 2.22. The topological polar surface area (TPSA) is 20.2 Å². The predicted molar refractivity (Wildman–Crippen MR) is 53.4 cm³/mol. The van der Waals surface area contributed by atoms with Crippen molar-refractivity contribution in [2.24, 2.45) is 0 Å². The van der Waals surface area contributed by atoms with Crippen LogP contribution in [0.2, 0.25) is 0 Å². The van der Waals surface area contributed by atoms with Crippen LogP contribution in [0.25, 0.3) is 0 Å². The Morgan fingerprint density at radius 2 is 2.08 bits per heavy atom. The highest BCUT2D eigenvalue weighted by molar-refractivity contribution is 7.99. The molecule has 1 nitrogen and oxygen atoms in total. The van der Waals surface area contributed by atoms with Crippen molar-refractivity contribution in [2.75, 3.05) is 5.75 Å². The maximum atomic E-state index is 9.00. The summed E-state index contributed by atoms with van der Waals surface area (Å²) >= 11 is 1.81. The van der Waals surface area contributed by atoms with Crippen LogP contribution in [0, 0.1) is 0 Å². The van der Waals surface area contributed by atoms with Crippen LogP contribution in [0.4, 0.5) is 0 Å². The number of aliphatic hydroxyl groups is 1. The van der Waals surface area contributed by atoms with Gasteiger partial charge in [0, 0.05) is 4.90 Å². The molecular weight excluding hydrogens is 168 g/mol. The van der Waals surface area contributed by atoms with Crippen LogP contribution >= 0.6 is 11.8 Å². The van der Waals surface area contributed by atoms with Crippen LogP contribution in [0.5, 0.6) is 0 Å². The number of benzene rings is 1. The summed E-state index contributed by atoms with van der Waals surface area (Å²) < 4.78 is 0. The number of hydrogen-bond donors (Lipinski definition) is 1. The van der Waals surface area contributed by atoms with E-state index in [2.05, 4.69) is 13.0 Å². The zero-order valence-corrected chi connectivity index (χ0v) is 8.10. The fourth-order valence-electron chi connectivity index (χ4n) is 0.987. The van der Waals surface area contributed by atoms with E-state index in [1.54, 1.807) is 0 Å². The lowest BCUT2D eigenvalue weighted by Gasteiger charge is -2.04. The van der Waals surface area contributed by atoms with Gasteiger partial charge in [0.15, 0.2) is 0 Å². The van der Waals surface area contributed by atoms with Crippen molar-refractivity contribution < 1.29 is 5.11 Å². The molecule has 1 N–H and O–H groups in total. The van der Waals surface area contributed by atoms with Gasteiger partial charge in [-0.1, -0.05) is 25.1 Å². The Morgan fingerprint density at radius 3 is 2.75 bits per heavy atom. The summed E-state index contributed by atoms with van der Waals surface area (Å²) in [7, 11) is 0.